The molecule has 0 saturated carbocycles. The van der Waals surface area contributed by atoms with E-state index in [1.54, 1.807) is 6.92 Å². The topological polar surface area (TPSA) is 40.5 Å². The Morgan fingerprint density at radius 1 is 0.923 bits per heavy atom. The zero-order valence-electron chi connectivity index (χ0n) is 8.74. The minimum Gasteiger partial charge on any atom is -0.397 e. The molecule has 0 aromatic heterocycles. The number of rotatable bonds is 4. The van der Waals surface area contributed by atoms with Crippen LogP contribution in [0, 0.1) is 0 Å². The summed E-state index contributed by atoms with van der Waals surface area (Å²) in [5.41, 5.74) is 0. The predicted octanol–water partition coefficient (Wildman–Crippen LogP) is 2.01. The van der Waals surface area contributed by atoms with Crippen molar-refractivity contribution in [3.05, 3.63) is 0 Å². The normalized spacial score (nSPS) is 7.85. The number of hydrogen-bond acceptors (Lipinski definition) is 4. The quantitative estimate of drug-likeness (QED) is 0.439. The van der Waals surface area contributed by atoms with E-state index >= 15 is 0 Å². The molecule has 0 amide bonds. The molecule has 0 atom stereocenters. The first-order chi connectivity index (χ1) is 6.24. The molecule has 0 heterocycles. The summed E-state index contributed by atoms with van der Waals surface area (Å²) < 4.78 is 0. The lowest BCUT2D eigenvalue weighted by Crippen LogP contribution is -1.76. The summed E-state index contributed by atoms with van der Waals surface area (Å²) in [7, 11) is 0. The minimum absolute atomic E-state index is 0.184. The summed E-state index contributed by atoms with van der Waals surface area (Å²) in [6.07, 6.45) is 3.92. The van der Waals surface area contributed by atoms with Crippen molar-refractivity contribution in [2.24, 2.45) is 0 Å². The van der Waals surface area contributed by atoms with E-state index < -0.39 is 0 Å². The van der Waals surface area contributed by atoms with Gasteiger partial charge in [0.25, 0.3) is 0 Å². The monoisotopic (exact) mass is 228 g/mol. The molecule has 0 fully saturated rings. The van der Waals surface area contributed by atoms with E-state index in [-0.39, 0.29) is 13.2 Å². The van der Waals surface area contributed by atoms with Gasteiger partial charge in [-0.2, -0.15) is 25.3 Å². The SMILES string of the molecule is CCCCCS.CCO.OCCS. The molecule has 0 unspecified atom stereocenters. The third kappa shape index (κ3) is 66.7. The second-order valence-corrected chi connectivity index (χ2v) is 3.09. The molecule has 0 spiro atoms. The molecule has 0 aromatic carbocycles. The first-order valence-electron chi connectivity index (χ1n) is 4.68. The number of hydrogen-bond donors (Lipinski definition) is 4. The van der Waals surface area contributed by atoms with Crippen molar-refractivity contribution in [3.8, 4) is 0 Å². The first-order valence-corrected chi connectivity index (χ1v) is 5.94. The van der Waals surface area contributed by atoms with E-state index in [1.807, 2.05) is 0 Å². The fraction of sp³-hybridized carbons (Fsp3) is 1.00. The van der Waals surface area contributed by atoms with Crippen LogP contribution in [0.15, 0.2) is 0 Å². The number of thiol groups is 2. The van der Waals surface area contributed by atoms with Crippen molar-refractivity contribution in [1.82, 2.24) is 0 Å². The smallest absolute Gasteiger partial charge is 0.0519 e. The molecule has 0 radical (unpaired) electrons. The van der Waals surface area contributed by atoms with Crippen LogP contribution < -0.4 is 0 Å². The van der Waals surface area contributed by atoms with E-state index in [0.717, 1.165) is 5.75 Å². The zero-order valence-corrected chi connectivity index (χ0v) is 10.5. The Labute approximate surface area is 93.6 Å². The van der Waals surface area contributed by atoms with Gasteiger partial charge in [0, 0.05) is 12.4 Å². The summed E-state index contributed by atoms with van der Waals surface area (Å²) in [4.78, 5) is 0. The van der Waals surface area contributed by atoms with Crippen molar-refractivity contribution in [2.75, 3.05) is 24.7 Å². The van der Waals surface area contributed by atoms with Gasteiger partial charge < -0.3 is 10.2 Å². The van der Waals surface area contributed by atoms with Gasteiger partial charge in [-0.1, -0.05) is 19.8 Å². The van der Waals surface area contributed by atoms with Gasteiger partial charge in [-0.25, -0.2) is 0 Å². The highest BCUT2D eigenvalue weighted by Gasteiger charge is 1.75. The largest absolute Gasteiger partial charge is 0.397 e. The fourth-order valence-electron chi connectivity index (χ4n) is 0.362. The highest BCUT2D eigenvalue weighted by atomic mass is 32.1. The number of unbranched alkanes of at least 4 members (excludes halogenated alkanes) is 2. The molecule has 0 bridgehead atoms. The Hall–Kier alpha value is 0.620. The summed E-state index contributed by atoms with van der Waals surface area (Å²) in [5, 5.41) is 15.4. The Morgan fingerprint density at radius 2 is 1.31 bits per heavy atom. The molecule has 2 N–H and O–H groups in total. The molecule has 13 heavy (non-hydrogen) atoms. The van der Waals surface area contributed by atoms with Gasteiger partial charge in [-0.15, -0.1) is 0 Å². The first kappa shape index (κ1) is 19.2. The van der Waals surface area contributed by atoms with Gasteiger partial charge in [-0.05, 0) is 19.1 Å². The van der Waals surface area contributed by atoms with Crippen LogP contribution in [-0.4, -0.2) is 34.9 Å². The lowest BCUT2D eigenvalue weighted by Gasteiger charge is -1.85. The highest BCUT2D eigenvalue weighted by molar-refractivity contribution is 7.80. The van der Waals surface area contributed by atoms with E-state index in [0.29, 0.717) is 5.75 Å². The maximum atomic E-state index is 7.80. The van der Waals surface area contributed by atoms with Crippen LogP contribution in [0.2, 0.25) is 0 Å². The van der Waals surface area contributed by atoms with Gasteiger partial charge in [0.05, 0.1) is 6.61 Å². The fourth-order valence-corrected chi connectivity index (χ4v) is 0.585. The maximum absolute atomic E-state index is 7.80. The molecule has 2 nitrogen and oxygen atoms in total. The molecule has 0 aliphatic heterocycles. The molecule has 0 aliphatic carbocycles. The van der Waals surface area contributed by atoms with Crippen molar-refractivity contribution >= 4 is 25.3 Å². The van der Waals surface area contributed by atoms with E-state index in [9.17, 15) is 0 Å². The molecule has 84 valence electrons. The van der Waals surface area contributed by atoms with Gasteiger partial charge in [0.1, 0.15) is 0 Å². The van der Waals surface area contributed by atoms with Crippen LogP contribution in [0.4, 0.5) is 0 Å². The molecular formula is C9H24O2S2. The molecule has 0 rings (SSSR count). The number of aliphatic hydroxyl groups is 2. The molecule has 4 heteroatoms. The van der Waals surface area contributed by atoms with Crippen molar-refractivity contribution < 1.29 is 10.2 Å². The van der Waals surface area contributed by atoms with Crippen LogP contribution in [0.3, 0.4) is 0 Å². The van der Waals surface area contributed by atoms with Crippen molar-refractivity contribution in [3.63, 3.8) is 0 Å². The van der Waals surface area contributed by atoms with Gasteiger partial charge in [0.15, 0.2) is 0 Å². The standard InChI is InChI=1S/C5H12S.C2H6OS.C2H6O/c1-2-3-4-5-6;3-1-2-4;1-2-3/h6H,2-5H2,1H3;3-4H,1-2H2;3H,2H2,1H3. The van der Waals surface area contributed by atoms with Crippen molar-refractivity contribution in [1.29, 1.82) is 0 Å². The summed E-state index contributed by atoms with van der Waals surface area (Å²) in [6, 6.07) is 0. The third-order valence-corrected chi connectivity index (χ3v) is 1.38. The lowest BCUT2D eigenvalue weighted by molar-refractivity contribution is 0.318. The zero-order chi connectivity index (χ0) is 10.9. The average Bonchev–Trinajstić information content (AvgIpc) is 2.16. The Balaban J connectivity index is -0.000000125. The molecular weight excluding hydrogens is 204 g/mol. The van der Waals surface area contributed by atoms with Crippen LogP contribution in [0.1, 0.15) is 33.1 Å². The van der Waals surface area contributed by atoms with E-state index in [2.05, 4.69) is 32.2 Å². The second kappa shape index (κ2) is 29.3. The summed E-state index contributed by atoms with van der Waals surface area (Å²) in [6.45, 7) is 4.31. The van der Waals surface area contributed by atoms with Crippen LogP contribution in [0.25, 0.3) is 0 Å². The Morgan fingerprint density at radius 3 is 1.38 bits per heavy atom. The Kier molecular flexibility index (Phi) is 43.4. The van der Waals surface area contributed by atoms with Crippen molar-refractivity contribution in [2.45, 2.75) is 33.1 Å². The minimum atomic E-state index is 0.184. The number of aliphatic hydroxyl groups excluding tert-OH is 2. The summed E-state index contributed by atoms with van der Waals surface area (Å²) >= 11 is 7.73. The molecule has 0 aromatic rings. The molecule has 0 aliphatic rings. The maximum Gasteiger partial charge on any atom is 0.0519 e. The Bertz CT molecular complexity index is 48.9. The van der Waals surface area contributed by atoms with E-state index in [4.69, 9.17) is 10.2 Å². The van der Waals surface area contributed by atoms with Gasteiger partial charge >= 0.3 is 0 Å². The third-order valence-electron chi connectivity index (χ3n) is 0.862. The predicted molar refractivity (Wildman–Crippen MR) is 67.1 cm³/mol. The average molecular weight is 228 g/mol. The highest BCUT2D eigenvalue weighted by Crippen LogP contribution is 1.93. The summed E-state index contributed by atoms with van der Waals surface area (Å²) in [5.74, 6) is 1.62. The van der Waals surface area contributed by atoms with Crippen LogP contribution in [0.5, 0.6) is 0 Å². The lowest BCUT2D eigenvalue weighted by atomic mass is 10.3. The van der Waals surface area contributed by atoms with Crippen LogP contribution >= 0.6 is 25.3 Å². The van der Waals surface area contributed by atoms with Crippen LogP contribution in [-0.2, 0) is 0 Å². The van der Waals surface area contributed by atoms with E-state index in [1.165, 1.54) is 19.3 Å². The van der Waals surface area contributed by atoms with Gasteiger partial charge in [-0.3, -0.25) is 0 Å². The second-order valence-electron chi connectivity index (χ2n) is 2.19. The van der Waals surface area contributed by atoms with Gasteiger partial charge in [0.2, 0.25) is 0 Å². The molecule has 0 saturated heterocycles.